The van der Waals surface area contributed by atoms with E-state index < -0.39 is 0 Å². The lowest BCUT2D eigenvalue weighted by molar-refractivity contribution is -0.900. The number of carbonyl (C=O) groups is 1. The molecule has 0 aliphatic carbocycles. The van der Waals surface area contributed by atoms with E-state index >= 15 is 0 Å². The topological polar surface area (TPSA) is 53.8 Å². The zero-order valence-electron chi connectivity index (χ0n) is 8.83. The third kappa shape index (κ3) is 1.98. The Kier molecular flexibility index (Phi) is 3.28. The molecule has 1 aliphatic rings. The maximum absolute atomic E-state index is 11.5. The zero-order chi connectivity index (χ0) is 11.7. The monoisotopic (exact) mass is 285 g/mol. The van der Waals surface area contributed by atoms with Crippen LogP contribution in [0.5, 0.6) is 5.75 Å². The number of fused-ring (bicyclic) bond motifs is 1. The Morgan fingerprint density at radius 1 is 1.69 bits per heavy atom. The molecule has 0 bridgehead atoms. The SMILES string of the molecule is CC1c2ccc(C(=O)CBr)cc2OC[NH+]1[O-]. The van der Waals surface area contributed by atoms with Crippen molar-refractivity contribution in [3.63, 3.8) is 0 Å². The van der Waals surface area contributed by atoms with Crippen molar-refractivity contribution in [3.8, 4) is 5.75 Å². The molecule has 0 saturated heterocycles. The zero-order valence-corrected chi connectivity index (χ0v) is 10.4. The van der Waals surface area contributed by atoms with Gasteiger partial charge in [0.1, 0.15) is 11.8 Å². The summed E-state index contributed by atoms with van der Waals surface area (Å²) in [6.07, 6.45) is 0. The number of quaternary nitrogens is 1. The lowest BCUT2D eigenvalue weighted by Crippen LogP contribution is -3.08. The average molecular weight is 286 g/mol. The Hall–Kier alpha value is -0.910. The summed E-state index contributed by atoms with van der Waals surface area (Å²) in [7, 11) is 0. The average Bonchev–Trinajstić information content (AvgIpc) is 2.32. The third-order valence-electron chi connectivity index (χ3n) is 2.78. The first-order valence-electron chi connectivity index (χ1n) is 5.02. The fourth-order valence-corrected chi connectivity index (χ4v) is 2.04. The van der Waals surface area contributed by atoms with Crippen LogP contribution in [0.2, 0.25) is 0 Å². The van der Waals surface area contributed by atoms with Crippen molar-refractivity contribution in [1.29, 1.82) is 0 Å². The number of rotatable bonds is 2. The number of hydrogen-bond donors (Lipinski definition) is 1. The quantitative estimate of drug-likeness (QED) is 0.502. The number of nitrogens with one attached hydrogen (secondary N) is 1. The lowest BCUT2D eigenvalue weighted by Gasteiger charge is -2.34. The summed E-state index contributed by atoms with van der Waals surface area (Å²) in [5, 5.41) is 11.8. The molecule has 5 heteroatoms. The van der Waals surface area contributed by atoms with E-state index in [1.54, 1.807) is 18.2 Å². The Bertz CT molecular complexity index is 422. The first-order chi connectivity index (χ1) is 7.63. The number of hydrogen-bond acceptors (Lipinski definition) is 3. The van der Waals surface area contributed by atoms with Crippen LogP contribution in [0.4, 0.5) is 0 Å². The van der Waals surface area contributed by atoms with E-state index in [9.17, 15) is 10.0 Å². The fourth-order valence-electron chi connectivity index (χ4n) is 1.72. The molecule has 0 saturated carbocycles. The van der Waals surface area contributed by atoms with Gasteiger partial charge in [-0.05, 0) is 19.1 Å². The normalized spacial score (nSPS) is 23.4. The summed E-state index contributed by atoms with van der Waals surface area (Å²) >= 11 is 3.12. The van der Waals surface area contributed by atoms with E-state index in [1.165, 1.54) is 0 Å². The summed E-state index contributed by atoms with van der Waals surface area (Å²) in [4.78, 5) is 11.5. The molecule has 1 aromatic rings. The number of benzene rings is 1. The van der Waals surface area contributed by atoms with Gasteiger partial charge in [-0.2, -0.15) is 0 Å². The van der Waals surface area contributed by atoms with E-state index in [0.717, 1.165) is 5.56 Å². The number of halogens is 1. The molecule has 2 rings (SSSR count). The van der Waals surface area contributed by atoms with Crippen LogP contribution >= 0.6 is 15.9 Å². The van der Waals surface area contributed by atoms with Crippen molar-refractivity contribution in [2.45, 2.75) is 13.0 Å². The Morgan fingerprint density at radius 3 is 3.12 bits per heavy atom. The van der Waals surface area contributed by atoms with Gasteiger partial charge in [-0.1, -0.05) is 22.0 Å². The molecule has 0 aromatic heterocycles. The van der Waals surface area contributed by atoms with Gasteiger partial charge in [0.2, 0.25) is 6.73 Å². The number of carbonyl (C=O) groups excluding carboxylic acids is 1. The Labute approximate surface area is 102 Å². The van der Waals surface area contributed by atoms with Crippen LogP contribution in [0, 0.1) is 5.21 Å². The van der Waals surface area contributed by atoms with Crippen molar-refractivity contribution in [3.05, 3.63) is 34.5 Å². The Morgan fingerprint density at radius 2 is 2.44 bits per heavy atom. The smallest absolute Gasteiger partial charge is 0.222 e. The van der Waals surface area contributed by atoms with Gasteiger partial charge in [-0.15, -0.1) is 0 Å². The van der Waals surface area contributed by atoms with Crippen LogP contribution < -0.4 is 9.80 Å². The predicted molar refractivity (Wildman–Crippen MR) is 62.8 cm³/mol. The maximum atomic E-state index is 11.5. The van der Waals surface area contributed by atoms with Crippen molar-refractivity contribution in [2.75, 3.05) is 12.1 Å². The van der Waals surface area contributed by atoms with Gasteiger partial charge < -0.3 is 15.0 Å². The van der Waals surface area contributed by atoms with E-state index in [1.807, 2.05) is 6.92 Å². The highest BCUT2D eigenvalue weighted by atomic mass is 79.9. The molecule has 0 spiro atoms. The van der Waals surface area contributed by atoms with Gasteiger partial charge in [-0.25, -0.2) is 0 Å². The highest BCUT2D eigenvalue weighted by Crippen LogP contribution is 2.27. The standard InChI is InChI=1S/C11H12BrNO3/c1-7-9-3-2-8(10(14)5-12)4-11(9)16-6-13(7)15/h2-4,7,13H,5-6H2,1H3. The molecule has 1 heterocycles. The number of hydroxylamine groups is 2. The minimum Gasteiger partial charge on any atom is -0.631 e. The Balaban J connectivity index is 2.37. The van der Waals surface area contributed by atoms with Crippen LogP contribution in [0.3, 0.4) is 0 Å². The number of Topliss-reactive ketones (excluding diaryl/α,β-unsaturated/α-hetero) is 1. The van der Waals surface area contributed by atoms with Gasteiger partial charge >= 0.3 is 0 Å². The van der Waals surface area contributed by atoms with Crippen molar-refractivity contribution >= 4 is 21.7 Å². The van der Waals surface area contributed by atoms with Crippen molar-refractivity contribution < 1.29 is 14.6 Å². The van der Waals surface area contributed by atoms with Crippen molar-refractivity contribution in [1.82, 2.24) is 0 Å². The van der Waals surface area contributed by atoms with Crippen LogP contribution in [-0.2, 0) is 0 Å². The number of ketones is 1. The molecule has 0 amide bonds. The predicted octanol–water partition coefficient (Wildman–Crippen LogP) is 1.06. The molecule has 86 valence electrons. The second-order valence-electron chi connectivity index (χ2n) is 3.79. The molecular formula is C11H12BrNO3. The first-order valence-corrected chi connectivity index (χ1v) is 6.14. The third-order valence-corrected chi connectivity index (χ3v) is 3.29. The number of alkyl halides is 1. The fraction of sp³-hybridized carbons (Fsp3) is 0.364. The van der Waals surface area contributed by atoms with Gasteiger partial charge in [0, 0.05) is 5.56 Å². The van der Waals surface area contributed by atoms with Gasteiger partial charge in [0.25, 0.3) is 0 Å². The van der Waals surface area contributed by atoms with Gasteiger partial charge in [0.05, 0.1) is 10.9 Å². The molecular weight excluding hydrogens is 274 g/mol. The first kappa shape index (κ1) is 11.6. The summed E-state index contributed by atoms with van der Waals surface area (Å²) in [6, 6.07) is 5.10. The molecule has 4 nitrogen and oxygen atoms in total. The molecule has 0 radical (unpaired) electrons. The molecule has 1 aromatic carbocycles. The second kappa shape index (κ2) is 4.53. The molecule has 2 atom stereocenters. The lowest BCUT2D eigenvalue weighted by atomic mass is 10.0. The summed E-state index contributed by atoms with van der Waals surface area (Å²) in [5.74, 6) is 0.662. The van der Waals surface area contributed by atoms with Gasteiger partial charge in [0.15, 0.2) is 5.78 Å². The molecule has 2 unspecified atom stereocenters. The minimum atomic E-state index is -0.142. The second-order valence-corrected chi connectivity index (χ2v) is 4.35. The van der Waals surface area contributed by atoms with Crippen molar-refractivity contribution in [2.24, 2.45) is 0 Å². The van der Waals surface area contributed by atoms with Crippen LogP contribution in [-0.4, -0.2) is 17.8 Å². The molecule has 16 heavy (non-hydrogen) atoms. The van der Waals surface area contributed by atoms with E-state index in [2.05, 4.69) is 15.9 Å². The van der Waals surface area contributed by atoms with Gasteiger partial charge in [-0.3, -0.25) is 4.79 Å². The van der Waals surface area contributed by atoms with Crippen LogP contribution in [0.15, 0.2) is 18.2 Å². The summed E-state index contributed by atoms with van der Waals surface area (Å²) < 4.78 is 5.32. The maximum Gasteiger partial charge on any atom is 0.222 e. The highest BCUT2D eigenvalue weighted by Gasteiger charge is 2.24. The summed E-state index contributed by atoms with van der Waals surface area (Å²) in [6.45, 7) is 1.95. The van der Waals surface area contributed by atoms with Crippen LogP contribution in [0.1, 0.15) is 28.9 Å². The number of ether oxygens (including phenoxy) is 1. The van der Waals surface area contributed by atoms with E-state index in [0.29, 0.717) is 16.6 Å². The van der Waals surface area contributed by atoms with Crippen LogP contribution in [0.25, 0.3) is 0 Å². The summed E-state index contributed by atoms with van der Waals surface area (Å²) in [5.41, 5.74) is 1.47. The minimum absolute atomic E-state index is 0.0101. The molecule has 0 fully saturated rings. The highest BCUT2D eigenvalue weighted by molar-refractivity contribution is 9.09. The largest absolute Gasteiger partial charge is 0.631 e. The van der Waals surface area contributed by atoms with E-state index in [-0.39, 0.29) is 23.6 Å². The molecule has 1 aliphatic heterocycles. The van der Waals surface area contributed by atoms with E-state index in [4.69, 9.17) is 4.74 Å². The molecule has 1 N–H and O–H groups in total.